The fraction of sp³-hybridized carbons (Fsp3) is 0.167. The number of amides is 1. The number of hydrogen-bond acceptors (Lipinski definition) is 5. The predicted octanol–water partition coefficient (Wildman–Crippen LogP) is 1.92. The summed E-state index contributed by atoms with van der Waals surface area (Å²) in [4.78, 5) is 16.0. The van der Waals surface area contributed by atoms with Gasteiger partial charge >= 0.3 is 0 Å². The SMILES string of the molecule is CC(NC(=O)c1ccc(NN)cn1)c1ccsc1. The molecule has 0 aliphatic carbocycles. The van der Waals surface area contributed by atoms with E-state index in [1.165, 1.54) is 6.20 Å². The van der Waals surface area contributed by atoms with Crippen LogP contribution in [-0.2, 0) is 0 Å². The van der Waals surface area contributed by atoms with Crippen molar-refractivity contribution in [1.29, 1.82) is 0 Å². The summed E-state index contributed by atoms with van der Waals surface area (Å²) in [6.07, 6.45) is 1.52. The van der Waals surface area contributed by atoms with E-state index in [0.29, 0.717) is 11.4 Å². The van der Waals surface area contributed by atoms with Crippen LogP contribution in [0.2, 0.25) is 0 Å². The number of carbonyl (C=O) groups is 1. The molecule has 1 unspecified atom stereocenters. The van der Waals surface area contributed by atoms with Gasteiger partial charge in [0.15, 0.2) is 0 Å². The Bertz CT molecular complexity index is 509. The third kappa shape index (κ3) is 2.85. The van der Waals surface area contributed by atoms with Crippen molar-refractivity contribution in [3.63, 3.8) is 0 Å². The number of rotatable bonds is 4. The van der Waals surface area contributed by atoms with Crippen LogP contribution in [0.5, 0.6) is 0 Å². The first-order chi connectivity index (χ1) is 8.70. The first-order valence-electron chi connectivity index (χ1n) is 5.46. The Morgan fingerprint density at radius 3 is 2.83 bits per heavy atom. The van der Waals surface area contributed by atoms with Gasteiger partial charge in [-0.05, 0) is 41.4 Å². The highest BCUT2D eigenvalue weighted by Gasteiger charge is 2.12. The average molecular weight is 262 g/mol. The smallest absolute Gasteiger partial charge is 0.270 e. The Labute approximate surface area is 109 Å². The quantitative estimate of drug-likeness (QED) is 0.581. The standard InChI is InChI=1S/C12H14N4OS/c1-8(9-4-5-18-7-9)15-12(17)11-3-2-10(16-13)6-14-11/h2-8,16H,13H2,1H3,(H,15,17). The second-order valence-electron chi connectivity index (χ2n) is 3.83. The molecule has 0 aliphatic heterocycles. The zero-order valence-electron chi connectivity index (χ0n) is 9.88. The number of anilines is 1. The molecule has 0 spiro atoms. The van der Waals surface area contributed by atoms with Crippen LogP contribution < -0.4 is 16.6 Å². The van der Waals surface area contributed by atoms with E-state index in [1.807, 2.05) is 23.8 Å². The normalized spacial score (nSPS) is 11.9. The molecule has 0 aliphatic rings. The van der Waals surface area contributed by atoms with E-state index in [0.717, 1.165) is 5.56 Å². The minimum atomic E-state index is -0.197. The zero-order valence-corrected chi connectivity index (χ0v) is 10.7. The van der Waals surface area contributed by atoms with Crippen LogP contribution in [0.4, 0.5) is 5.69 Å². The topological polar surface area (TPSA) is 80.0 Å². The van der Waals surface area contributed by atoms with Gasteiger partial charge < -0.3 is 10.7 Å². The molecule has 0 saturated heterocycles. The summed E-state index contributed by atoms with van der Waals surface area (Å²) in [5.41, 5.74) is 4.59. The minimum Gasteiger partial charge on any atom is -0.344 e. The van der Waals surface area contributed by atoms with Crippen molar-refractivity contribution >= 4 is 22.9 Å². The summed E-state index contributed by atoms with van der Waals surface area (Å²) in [7, 11) is 0. The molecule has 6 heteroatoms. The van der Waals surface area contributed by atoms with Crippen LogP contribution >= 0.6 is 11.3 Å². The van der Waals surface area contributed by atoms with Crippen molar-refractivity contribution in [3.8, 4) is 0 Å². The van der Waals surface area contributed by atoms with Crippen molar-refractivity contribution in [2.45, 2.75) is 13.0 Å². The van der Waals surface area contributed by atoms with Crippen LogP contribution in [0.25, 0.3) is 0 Å². The number of nitrogens with zero attached hydrogens (tertiary/aromatic N) is 1. The largest absolute Gasteiger partial charge is 0.344 e. The van der Waals surface area contributed by atoms with Crippen LogP contribution in [0, 0.1) is 0 Å². The van der Waals surface area contributed by atoms with Crippen LogP contribution in [0.1, 0.15) is 29.0 Å². The van der Waals surface area contributed by atoms with Gasteiger partial charge in [-0.3, -0.25) is 10.6 Å². The van der Waals surface area contributed by atoms with Gasteiger partial charge in [0.2, 0.25) is 0 Å². The minimum absolute atomic E-state index is 0.0298. The van der Waals surface area contributed by atoms with Gasteiger partial charge in [0, 0.05) is 0 Å². The summed E-state index contributed by atoms with van der Waals surface area (Å²) in [6, 6.07) is 5.30. The summed E-state index contributed by atoms with van der Waals surface area (Å²) >= 11 is 1.61. The van der Waals surface area contributed by atoms with E-state index in [-0.39, 0.29) is 11.9 Å². The van der Waals surface area contributed by atoms with Gasteiger partial charge in [-0.1, -0.05) is 0 Å². The van der Waals surface area contributed by atoms with E-state index in [1.54, 1.807) is 23.5 Å². The lowest BCUT2D eigenvalue weighted by molar-refractivity contribution is 0.0935. The van der Waals surface area contributed by atoms with Crippen LogP contribution in [0.3, 0.4) is 0 Å². The summed E-state index contributed by atoms with van der Waals surface area (Å²) in [5.74, 6) is 5.03. The molecule has 1 atom stereocenters. The zero-order chi connectivity index (χ0) is 13.0. The number of carbonyl (C=O) groups excluding carboxylic acids is 1. The lowest BCUT2D eigenvalue weighted by Gasteiger charge is -2.12. The highest BCUT2D eigenvalue weighted by atomic mass is 32.1. The van der Waals surface area contributed by atoms with E-state index in [4.69, 9.17) is 5.84 Å². The summed E-state index contributed by atoms with van der Waals surface area (Å²) in [5, 5.41) is 6.89. The van der Waals surface area contributed by atoms with Crippen LogP contribution in [0.15, 0.2) is 35.2 Å². The molecule has 2 aromatic rings. The monoisotopic (exact) mass is 262 g/mol. The van der Waals surface area contributed by atoms with E-state index >= 15 is 0 Å². The van der Waals surface area contributed by atoms with Gasteiger partial charge in [-0.2, -0.15) is 11.3 Å². The molecule has 0 bridgehead atoms. The Morgan fingerprint density at radius 2 is 2.28 bits per heavy atom. The highest BCUT2D eigenvalue weighted by Crippen LogP contribution is 2.16. The molecule has 2 aromatic heterocycles. The molecule has 1 amide bonds. The van der Waals surface area contributed by atoms with Gasteiger partial charge in [-0.15, -0.1) is 0 Å². The lowest BCUT2D eigenvalue weighted by atomic mass is 10.2. The molecular weight excluding hydrogens is 248 g/mol. The van der Waals surface area contributed by atoms with Gasteiger partial charge in [0.05, 0.1) is 17.9 Å². The molecule has 0 aromatic carbocycles. The maximum absolute atomic E-state index is 11.9. The molecule has 0 radical (unpaired) electrons. The second-order valence-corrected chi connectivity index (χ2v) is 4.61. The van der Waals surface area contributed by atoms with Crippen molar-refractivity contribution < 1.29 is 4.79 Å². The molecule has 94 valence electrons. The van der Waals surface area contributed by atoms with Crippen molar-refractivity contribution in [1.82, 2.24) is 10.3 Å². The number of nitrogens with two attached hydrogens (primary N) is 1. The third-order valence-corrected chi connectivity index (χ3v) is 3.26. The second kappa shape index (κ2) is 5.61. The Kier molecular flexibility index (Phi) is 3.91. The number of aromatic nitrogens is 1. The summed E-state index contributed by atoms with van der Waals surface area (Å²) in [6.45, 7) is 1.94. The number of nitrogens with one attached hydrogen (secondary N) is 2. The molecule has 5 nitrogen and oxygen atoms in total. The molecule has 0 saturated carbocycles. The van der Waals surface area contributed by atoms with Gasteiger partial charge in [0.25, 0.3) is 5.91 Å². The van der Waals surface area contributed by atoms with Crippen LogP contribution in [-0.4, -0.2) is 10.9 Å². The summed E-state index contributed by atoms with van der Waals surface area (Å²) < 4.78 is 0. The molecule has 0 fully saturated rings. The molecular formula is C12H14N4OS. The van der Waals surface area contributed by atoms with Gasteiger partial charge in [-0.25, -0.2) is 4.98 Å². The van der Waals surface area contributed by atoms with E-state index in [2.05, 4.69) is 15.7 Å². The maximum atomic E-state index is 11.9. The molecule has 2 rings (SSSR count). The average Bonchev–Trinajstić information content (AvgIpc) is 2.92. The first-order valence-corrected chi connectivity index (χ1v) is 6.40. The van der Waals surface area contributed by atoms with Crippen molar-refractivity contribution in [2.24, 2.45) is 5.84 Å². The fourth-order valence-electron chi connectivity index (χ4n) is 1.49. The first kappa shape index (κ1) is 12.5. The number of thiophene rings is 1. The maximum Gasteiger partial charge on any atom is 0.270 e. The van der Waals surface area contributed by atoms with Gasteiger partial charge in [0.1, 0.15) is 5.69 Å². The molecule has 2 heterocycles. The number of hydrogen-bond donors (Lipinski definition) is 3. The van der Waals surface area contributed by atoms with E-state index in [9.17, 15) is 4.79 Å². The van der Waals surface area contributed by atoms with Crippen molar-refractivity contribution in [2.75, 3.05) is 5.43 Å². The Morgan fingerprint density at radius 1 is 1.44 bits per heavy atom. The Hall–Kier alpha value is -1.92. The molecule has 18 heavy (non-hydrogen) atoms. The number of nitrogen functional groups attached to an aromatic ring is 1. The van der Waals surface area contributed by atoms with E-state index < -0.39 is 0 Å². The fourth-order valence-corrected chi connectivity index (χ4v) is 2.24. The third-order valence-electron chi connectivity index (χ3n) is 2.55. The lowest BCUT2D eigenvalue weighted by Crippen LogP contribution is -2.27. The predicted molar refractivity (Wildman–Crippen MR) is 72.2 cm³/mol. The molecule has 4 N–H and O–H groups in total. The number of hydrazine groups is 1. The highest BCUT2D eigenvalue weighted by molar-refractivity contribution is 7.07. The number of pyridine rings is 1. The van der Waals surface area contributed by atoms with Crippen molar-refractivity contribution in [3.05, 3.63) is 46.4 Å². The Balaban J connectivity index is 2.03.